The first-order valence-electron chi connectivity index (χ1n) is 14.2. The SMILES string of the molecule is CC[C@]1(C)NC(=O)[C@H](CCC/C=C/C(=O)[C@@H](C)O)NC(=O)[C@H]2CCCN2C(=O)[C@H](Cc2ccc(OC)cc2)NC1=O. The minimum Gasteiger partial charge on any atom is -0.497 e. The second-order valence-corrected chi connectivity index (χ2v) is 10.9. The lowest BCUT2D eigenvalue weighted by molar-refractivity contribution is -0.144. The van der Waals surface area contributed by atoms with Crippen LogP contribution in [0.5, 0.6) is 5.75 Å². The topological polar surface area (TPSA) is 154 Å². The Labute approximate surface area is 241 Å². The molecule has 3 rings (SSSR count). The lowest BCUT2D eigenvalue weighted by Crippen LogP contribution is -2.65. The Balaban J connectivity index is 1.85. The quantitative estimate of drug-likeness (QED) is 0.243. The number of carbonyl (C=O) groups is 5. The van der Waals surface area contributed by atoms with Crippen LogP contribution in [0.15, 0.2) is 36.4 Å². The first-order valence-corrected chi connectivity index (χ1v) is 14.2. The molecule has 0 radical (unpaired) electrons. The summed E-state index contributed by atoms with van der Waals surface area (Å²) in [7, 11) is 1.56. The van der Waals surface area contributed by atoms with Crippen molar-refractivity contribution in [2.45, 2.75) is 95.5 Å². The Morgan fingerprint density at radius 1 is 1.15 bits per heavy atom. The monoisotopic (exact) mass is 570 g/mol. The van der Waals surface area contributed by atoms with Crippen molar-refractivity contribution < 1.29 is 33.8 Å². The van der Waals surface area contributed by atoms with Crippen molar-refractivity contribution in [1.82, 2.24) is 20.9 Å². The van der Waals surface area contributed by atoms with E-state index < -0.39 is 53.3 Å². The van der Waals surface area contributed by atoms with Crippen LogP contribution < -0.4 is 20.7 Å². The molecule has 1 aromatic carbocycles. The zero-order valence-electron chi connectivity index (χ0n) is 24.3. The zero-order chi connectivity index (χ0) is 30.2. The molecule has 2 heterocycles. The van der Waals surface area contributed by atoms with Crippen molar-refractivity contribution in [1.29, 1.82) is 0 Å². The van der Waals surface area contributed by atoms with Crippen LogP contribution in [0.2, 0.25) is 0 Å². The average molecular weight is 571 g/mol. The largest absolute Gasteiger partial charge is 0.497 e. The number of rotatable bonds is 10. The Hall–Kier alpha value is -3.73. The molecule has 5 atom stereocenters. The molecule has 2 aliphatic heterocycles. The summed E-state index contributed by atoms with van der Waals surface area (Å²) in [5, 5.41) is 17.8. The highest BCUT2D eigenvalue weighted by Gasteiger charge is 2.43. The number of carbonyl (C=O) groups excluding carboxylic acids is 5. The van der Waals surface area contributed by atoms with E-state index in [-0.39, 0.29) is 25.2 Å². The summed E-state index contributed by atoms with van der Waals surface area (Å²) in [6.45, 7) is 5.12. The van der Waals surface area contributed by atoms with Crippen LogP contribution in [0.1, 0.15) is 64.9 Å². The van der Waals surface area contributed by atoms with Crippen molar-refractivity contribution in [2.24, 2.45) is 0 Å². The first kappa shape index (κ1) is 31.8. The van der Waals surface area contributed by atoms with Crippen LogP contribution in [-0.2, 0) is 30.4 Å². The summed E-state index contributed by atoms with van der Waals surface area (Å²) >= 11 is 0. The predicted molar refractivity (Wildman–Crippen MR) is 152 cm³/mol. The van der Waals surface area contributed by atoms with Crippen LogP contribution >= 0.6 is 0 Å². The number of ketones is 1. The molecule has 0 aliphatic carbocycles. The van der Waals surface area contributed by atoms with E-state index in [2.05, 4.69) is 16.0 Å². The summed E-state index contributed by atoms with van der Waals surface area (Å²) in [5.74, 6) is -1.49. The summed E-state index contributed by atoms with van der Waals surface area (Å²) in [6.07, 6.45) is 4.54. The number of hydrogen-bond acceptors (Lipinski definition) is 7. The molecule has 41 heavy (non-hydrogen) atoms. The minimum atomic E-state index is -1.33. The molecule has 4 N–H and O–H groups in total. The van der Waals surface area contributed by atoms with Gasteiger partial charge in [0, 0.05) is 13.0 Å². The third-order valence-corrected chi connectivity index (χ3v) is 7.84. The normalized spacial score (nSPS) is 26.4. The Morgan fingerprint density at radius 2 is 1.85 bits per heavy atom. The minimum absolute atomic E-state index is 0.209. The number of aliphatic hydroxyl groups excluding tert-OH is 1. The standard InChI is InChI=1S/C30H42N4O7/c1-5-30(3)29(40)32-23(18-20-13-15-21(41-4)16-14-20)28(39)34-17-9-11-24(34)27(38)31-22(26(37)33-30)10-7-6-8-12-25(36)19(2)35/h8,12-16,19,22-24,35H,5-7,9-11,17-18H2,1-4H3,(H,31,38)(H,32,40)(H,33,37)/b12-8+/t19-,22+,23+,24-,30+/m1/s1. The molecule has 11 heteroatoms. The number of methoxy groups -OCH3 is 1. The number of aliphatic hydroxyl groups is 1. The van der Waals surface area contributed by atoms with E-state index in [4.69, 9.17) is 4.74 Å². The first-order chi connectivity index (χ1) is 19.5. The van der Waals surface area contributed by atoms with E-state index in [1.165, 1.54) is 17.9 Å². The van der Waals surface area contributed by atoms with Gasteiger partial charge in [0.1, 0.15) is 35.5 Å². The summed E-state index contributed by atoms with van der Waals surface area (Å²) in [4.78, 5) is 67.4. The van der Waals surface area contributed by atoms with Crippen molar-refractivity contribution >= 4 is 29.4 Å². The van der Waals surface area contributed by atoms with E-state index in [0.717, 1.165) is 5.56 Å². The molecule has 0 spiro atoms. The van der Waals surface area contributed by atoms with E-state index in [1.54, 1.807) is 39.2 Å². The van der Waals surface area contributed by atoms with Gasteiger partial charge in [0.2, 0.25) is 23.6 Å². The molecule has 0 saturated carbocycles. The molecule has 0 unspecified atom stereocenters. The van der Waals surface area contributed by atoms with E-state index in [0.29, 0.717) is 38.0 Å². The summed E-state index contributed by atoms with van der Waals surface area (Å²) in [5.41, 5.74) is -0.519. The molecule has 11 nitrogen and oxygen atoms in total. The fourth-order valence-corrected chi connectivity index (χ4v) is 5.00. The molecule has 2 fully saturated rings. The maximum absolute atomic E-state index is 13.8. The number of allylic oxidation sites excluding steroid dienone is 1. The summed E-state index contributed by atoms with van der Waals surface area (Å²) in [6, 6.07) is 4.58. The molecule has 2 aliphatic rings. The second kappa shape index (κ2) is 14.2. The lowest BCUT2D eigenvalue weighted by Gasteiger charge is -2.36. The molecule has 0 bridgehead atoms. The highest BCUT2D eigenvalue weighted by molar-refractivity contribution is 5.99. The number of ether oxygens (including phenoxy) is 1. The van der Waals surface area contributed by atoms with Gasteiger partial charge in [0.15, 0.2) is 5.78 Å². The van der Waals surface area contributed by atoms with Crippen LogP contribution in [0.3, 0.4) is 0 Å². The maximum Gasteiger partial charge on any atom is 0.246 e. The van der Waals surface area contributed by atoms with Gasteiger partial charge in [-0.2, -0.15) is 0 Å². The van der Waals surface area contributed by atoms with Crippen molar-refractivity contribution in [3.8, 4) is 5.75 Å². The molecule has 0 aromatic heterocycles. The average Bonchev–Trinajstić information content (AvgIpc) is 3.45. The molecular weight excluding hydrogens is 528 g/mol. The van der Waals surface area contributed by atoms with Gasteiger partial charge >= 0.3 is 0 Å². The van der Waals surface area contributed by atoms with Gasteiger partial charge in [-0.25, -0.2) is 0 Å². The molecule has 2 saturated heterocycles. The van der Waals surface area contributed by atoms with Crippen LogP contribution in [0.4, 0.5) is 0 Å². The fourth-order valence-electron chi connectivity index (χ4n) is 5.00. The van der Waals surface area contributed by atoms with Crippen molar-refractivity contribution in [2.75, 3.05) is 13.7 Å². The van der Waals surface area contributed by atoms with Gasteiger partial charge in [0.05, 0.1) is 7.11 Å². The van der Waals surface area contributed by atoms with Gasteiger partial charge in [-0.3, -0.25) is 24.0 Å². The Morgan fingerprint density at radius 3 is 2.49 bits per heavy atom. The van der Waals surface area contributed by atoms with Crippen LogP contribution in [0, 0.1) is 0 Å². The van der Waals surface area contributed by atoms with Gasteiger partial charge in [-0.15, -0.1) is 0 Å². The van der Waals surface area contributed by atoms with Gasteiger partial charge < -0.3 is 30.7 Å². The molecule has 1 aromatic rings. The second-order valence-electron chi connectivity index (χ2n) is 10.9. The van der Waals surface area contributed by atoms with E-state index in [1.807, 2.05) is 12.1 Å². The van der Waals surface area contributed by atoms with Crippen LogP contribution in [0.25, 0.3) is 0 Å². The number of hydrogen-bond donors (Lipinski definition) is 4. The number of nitrogens with zero attached hydrogens (tertiary/aromatic N) is 1. The number of benzene rings is 1. The maximum atomic E-state index is 13.8. The predicted octanol–water partition coefficient (Wildman–Crippen LogP) is 1.17. The molecular formula is C30H42N4O7. The number of unbranched alkanes of at least 4 members (excludes halogenated alkanes) is 1. The lowest BCUT2D eigenvalue weighted by atomic mass is 9.94. The third-order valence-electron chi connectivity index (χ3n) is 7.84. The van der Waals surface area contributed by atoms with Gasteiger partial charge in [0.25, 0.3) is 0 Å². The van der Waals surface area contributed by atoms with Crippen molar-refractivity contribution in [3.05, 3.63) is 42.0 Å². The summed E-state index contributed by atoms with van der Waals surface area (Å²) < 4.78 is 5.22. The van der Waals surface area contributed by atoms with E-state index in [9.17, 15) is 29.1 Å². The Bertz CT molecular complexity index is 1150. The highest BCUT2D eigenvalue weighted by atomic mass is 16.5. The molecule has 4 amide bonds. The fraction of sp³-hybridized carbons (Fsp3) is 0.567. The number of fused-ring (bicyclic) bond motifs is 1. The number of amides is 4. The van der Waals surface area contributed by atoms with E-state index >= 15 is 0 Å². The Kier molecular flexibility index (Phi) is 11.0. The number of nitrogens with one attached hydrogen (secondary N) is 3. The van der Waals surface area contributed by atoms with Crippen molar-refractivity contribution in [3.63, 3.8) is 0 Å². The van der Waals surface area contributed by atoms with Gasteiger partial charge in [-0.1, -0.05) is 25.1 Å². The highest BCUT2D eigenvalue weighted by Crippen LogP contribution is 2.22. The van der Waals surface area contributed by atoms with Gasteiger partial charge in [-0.05, 0) is 76.1 Å². The molecule has 224 valence electrons. The smallest absolute Gasteiger partial charge is 0.246 e. The zero-order valence-corrected chi connectivity index (χ0v) is 24.3. The van der Waals surface area contributed by atoms with Crippen LogP contribution in [-0.4, -0.2) is 82.8 Å². The third kappa shape index (κ3) is 8.16.